The van der Waals surface area contributed by atoms with Gasteiger partial charge in [-0.15, -0.1) is 0 Å². The van der Waals surface area contributed by atoms with Gasteiger partial charge in [-0.1, -0.05) is 61.5 Å². The van der Waals surface area contributed by atoms with Gasteiger partial charge >= 0.3 is 17.9 Å². The molecule has 0 aliphatic rings. The smallest absolute Gasteiger partial charge is 0.306 e. The molecule has 0 bridgehead atoms. The molecule has 0 saturated carbocycles. The fourth-order valence-electron chi connectivity index (χ4n) is 6.77. The Labute approximate surface area is 297 Å². The summed E-state index contributed by atoms with van der Waals surface area (Å²) in [6.45, 7) is 24.7. The van der Waals surface area contributed by atoms with Crippen LogP contribution in [-0.4, -0.2) is 36.2 Å². The highest BCUT2D eigenvalue weighted by Crippen LogP contribution is 2.36. The van der Waals surface area contributed by atoms with Crippen molar-refractivity contribution in [3.63, 3.8) is 0 Å². The Balaban J connectivity index is 2.71. The molecule has 0 spiro atoms. The molecule has 0 saturated heterocycles. The van der Waals surface area contributed by atoms with Crippen molar-refractivity contribution >= 4 is 17.9 Å². The largest absolute Gasteiger partial charge is 0.465 e. The maximum atomic E-state index is 13.5. The molecule has 278 valence electrons. The molecule has 0 aromatic carbocycles. The van der Waals surface area contributed by atoms with E-state index in [1.54, 1.807) is 41.5 Å². The Hall–Kier alpha value is -3.95. The number of carbonyl (C=O) groups excluding carboxylic acids is 3. The maximum Gasteiger partial charge on any atom is 0.306 e. The van der Waals surface area contributed by atoms with Gasteiger partial charge in [-0.25, -0.2) is 0 Å². The molecule has 0 N–H and O–H groups in total. The molecule has 2 aromatic rings. The second-order valence-electron chi connectivity index (χ2n) is 13.5. The molecule has 7 unspecified atom stereocenters. The van der Waals surface area contributed by atoms with E-state index < -0.39 is 54.0 Å². The molecule has 2 aromatic heterocycles. The van der Waals surface area contributed by atoms with E-state index in [-0.39, 0.29) is 29.6 Å². The number of hydrogen-bond donors (Lipinski definition) is 0. The van der Waals surface area contributed by atoms with E-state index in [4.69, 9.17) is 23.0 Å². The Morgan fingerprint density at radius 3 is 1.68 bits per heavy atom. The summed E-state index contributed by atoms with van der Waals surface area (Å²) in [6.07, 6.45) is 1.05. The molecule has 50 heavy (non-hydrogen) atoms. The van der Waals surface area contributed by atoms with E-state index in [0.717, 1.165) is 0 Å². The second-order valence-corrected chi connectivity index (χ2v) is 13.5. The van der Waals surface area contributed by atoms with Crippen molar-refractivity contribution in [2.75, 3.05) is 0 Å². The number of allylic oxidation sites excluding steroid dienone is 1. The van der Waals surface area contributed by atoms with Crippen LogP contribution in [0.3, 0.4) is 0 Å². The molecule has 2 rings (SSSR count). The van der Waals surface area contributed by atoms with Crippen molar-refractivity contribution in [3.8, 4) is 0 Å². The highest BCUT2D eigenvalue weighted by atomic mass is 16.6. The van der Waals surface area contributed by atoms with Crippen molar-refractivity contribution < 1.29 is 37.4 Å². The lowest BCUT2D eigenvalue weighted by atomic mass is 9.83. The van der Waals surface area contributed by atoms with Crippen LogP contribution in [0, 0.1) is 33.6 Å². The summed E-state index contributed by atoms with van der Waals surface area (Å²) in [6, 6.07) is 0. The Bertz CT molecular complexity index is 1680. The predicted octanol–water partition coefficient (Wildman–Crippen LogP) is 7.97. The van der Waals surface area contributed by atoms with E-state index in [9.17, 15) is 24.0 Å². The van der Waals surface area contributed by atoms with Crippen LogP contribution >= 0.6 is 0 Å². The molecule has 10 nitrogen and oxygen atoms in total. The lowest BCUT2D eigenvalue weighted by Crippen LogP contribution is -2.40. The van der Waals surface area contributed by atoms with Gasteiger partial charge in [-0.3, -0.25) is 24.0 Å². The fraction of sp³-hybridized carbons (Fsp3) is 0.625. The molecule has 0 radical (unpaired) electrons. The summed E-state index contributed by atoms with van der Waals surface area (Å²) < 4.78 is 30.4. The average molecular weight is 699 g/mol. The molecule has 0 amide bonds. The second kappa shape index (κ2) is 18.3. The number of aryl methyl sites for hydroxylation is 1. The number of esters is 3. The van der Waals surface area contributed by atoms with Gasteiger partial charge in [0.05, 0.1) is 11.8 Å². The topological polar surface area (TPSA) is 139 Å². The van der Waals surface area contributed by atoms with Gasteiger partial charge in [0.15, 0.2) is 10.9 Å². The lowest BCUT2D eigenvalue weighted by Gasteiger charge is -2.35. The van der Waals surface area contributed by atoms with Crippen LogP contribution in [0.25, 0.3) is 0 Å². The molecule has 0 aliphatic carbocycles. The third-order valence-electron chi connectivity index (χ3n) is 9.74. The van der Waals surface area contributed by atoms with Gasteiger partial charge in [-0.05, 0) is 46.6 Å². The van der Waals surface area contributed by atoms with Crippen LogP contribution in [0.2, 0.25) is 0 Å². The van der Waals surface area contributed by atoms with Crippen molar-refractivity contribution in [2.45, 2.75) is 159 Å². The van der Waals surface area contributed by atoms with E-state index in [2.05, 4.69) is 0 Å². The Morgan fingerprint density at radius 1 is 0.680 bits per heavy atom. The molecule has 2 heterocycles. The van der Waals surface area contributed by atoms with Crippen molar-refractivity contribution in [1.29, 1.82) is 0 Å². The zero-order valence-electron chi connectivity index (χ0n) is 32.5. The Morgan fingerprint density at radius 2 is 1.18 bits per heavy atom. The van der Waals surface area contributed by atoms with E-state index in [0.29, 0.717) is 63.7 Å². The van der Waals surface area contributed by atoms with E-state index in [1.807, 2.05) is 54.5 Å². The normalized spacial score (nSPS) is 16.1. The summed E-state index contributed by atoms with van der Waals surface area (Å²) in [5, 5.41) is 0. The lowest BCUT2D eigenvalue weighted by molar-refractivity contribution is -0.160. The molecule has 0 fully saturated rings. The van der Waals surface area contributed by atoms with Crippen LogP contribution in [0.1, 0.15) is 152 Å². The van der Waals surface area contributed by atoms with Crippen molar-refractivity contribution in [3.05, 3.63) is 77.4 Å². The summed E-state index contributed by atoms with van der Waals surface area (Å²) in [5.74, 6) is -1.35. The minimum absolute atomic E-state index is 0.121. The van der Waals surface area contributed by atoms with Gasteiger partial charge in [0, 0.05) is 60.3 Å². The first-order valence-electron chi connectivity index (χ1n) is 17.9. The SMILES string of the molecule is CCC(=O)OC(C(C)=CC(C)c1oc(C(C)C(CC)OC(C)=O)c(C)c(=O)c1C)C(C)C(OC(=O)CC)C(C)c1oc(CC)c(C)c(=O)c1C. The monoisotopic (exact) mass is 698 g/mol. The number of ether oxygens (including phenoxy) is 3. The predicted molar refractivity (Wildman–Crippen MR) is 193 cm³/mol. The quantitative estimate of drug-likeness (QED) is 0.0963. The van der Waals surface area contributed by atoms with Crippen LogP contribution in [0.4, 0.5) is 0 Å². The summed E-state index contributed by atoms with van der Waals surface area (Å²) in [5.41, 5.74) is 2.28. The average Bonchev–Trinajstić information content (AvgIpc) is 3.08. The fourth-order valence-corrected chi connectivity index (χ4v) is 6.77. The van der Waals surface area contributed by atoms with E-state index in [1.165, 1.54) is 6.92 Å². The first-order chi connectivity index (χ1) is 23.4. The molecular weight excluding hydrogens is 640 g/mol. The van der Waals surface area contributed by atoms with Crippen LogP contribution < -0.4 is 10.9 Å². The minimum Gasteiger partial charge on any atom is -0.465 e. The van der Waals surface area contributed by atoms with Crippen LogP contribution in [0.5, 0.6) is 0 Å². The molecule has 7 atom stereocenters. The number of rotatable bonds is 16. The molecule has 0 aliphatic heterocycles. The highest BCUT2D eigenvalue weighted by molar-refractivity contribution is 5.70. The van der Waals surface area contributed by atoms with Crippen molar-refractivity contribution in [1.82, 2.24) is 0 Å². The van der Waals surface area contributed by atoms with Crippen molar-refractivity contribution in [2.24, 2.45) is 5.92 Å². The number of hydrogen-bond acceptors (Lipinski definition) is 10. The number of carbonyl (C=O) groups is 3. The molecular formula is C40H58O10. The van der Waals surface area contributed by atoms with Crippen LogP contribution in [0.15, 0.2) is 30.1 Å². The standard InChI is InChI=1S/C40H58O10/c1-15-30-22(7)34(44)25(10)39(47-30)28(13)40(49-33(43)18-4)27(12)37(48-32(42)17-3)21(6)19-20(5)36-24(9)35(45)26(11)38(50-36)23(8)31(16-2)46-29(14)41/h19-20,23,27-28,31,37,40H,15-18H2,1-14H3. The first kappa shape index (κ1) is 42.2. The molecule has 10 heteroatoms. The maximum absolute atomic E-state index is 13.5. The first-order valence-corrected chi connectivity index (χ1v) is 17.9. The van der Waals surface area contributed by atoms with Gasteiger partial charge < -0.3 is 23.0 Å². The van der Waals surface area contributed by atoms with Gasteiger partial charge in [-0.2, -0.15) is 0 Å². The van der Waals surface area contributed by atoms with Gasteiger partial charge in [0.1, 0.15) is 41.4 Å². The Kier molecular flexibility index (Phi) is 15.5. The van der Waals surface area contributed by atoms with Gasteiger partial charge in [0.25, 0.3) is 0 Å². The minimum atomic E-state index is -0.838. The third kappa shape index (κ3) is 9.63. The zero-order chi connectivity index (χ0) is 38.2. The van der Waals surface area contributed by atoms with Crippen LogP contribution in [-0.2, 0) is 35.0 Å². The van der Waals surface area contributed by atoms with Gasteiger partial charge in [0.2, 0.25) is 0 Å². The van der Waals surface area contributed by atoms with E-state index >= 15 is 0 Å². The zero-order valence-corrected chi connectivity index (χ0v) is 32.5. The highest BCUT2D eigenvalue weighted by Gasteiger charge is 2.39. The summed E-state index contributed by atoms with van der Waals surface area (Å²) in [7, 11) is 0. The summed E-state index contributed by atoms with van der Waals surface area (Å²) >= 11 is 0. The summed E-state index contributed by atoms with van der Waals surface area (Å²) in [4.78, 5) is 64.1. The third-order valence-corrected chi connectivity index (χ3v) is 9.74.